The van der Waals surface area contributed by atoms with Crippen molar-refractivity contribution in [3.63, 3.8) is 0 Å². The lowest BCUT2D eigenvalue weighted by atomic mass is 9.81. The van der Waals surface area contributed by atoms with E-state index in [0.29, 0.717) is 18.1 Å². The molecule has 1 aliphatic rings. The normalized spacial score (nSPS) is 16.8. The fraction of sp³-hybridized carbons (Fsp3) is 0.379. The highest BCUT2D eigenvalue weighted by atomic mass is 35.5. The Morgan fingerprint density at radius 3 is 1.97 bits per heavy atom. The van der Waals surface area contributed by atoms with Crippen LogP contribution in [0.1, 0.15) is 29.2 Å². The molecule has 1 heterocycles. The Labute approximate surface area is 208 Å². The van der Waals surface area contributed by atoms with E-state index >= 15 is 0 Å². The van der Waals surface area contributed by atoms with Crippen molar-refractivity contribution in [3.05, 3.63) is 100 Å². The Bertz CT molecular complexity index is 1030. The molecule has 0 aliphatic carbocycles. The molecule has 3 aromatic carbocycles. The first kappa shape index (κ1) is 24.7. The Morgan fingerprint density at radius 2 is 1.38 bits per heavy atom. The van der Waals surface area contributed by atoms with Crippen LogP contribution >= 0.6 is 11.6 Å². The summed E-state index contributed by atoms with van der Waals surface area (Å²) < 4.78 is 6.03. The lowest BCUT2D eigenvalue weighted by Crippen LogP contribution is -2.47. The maximum Gasteiger partial charge on any atom is 0.119 e. The fourth-order valence-electron chi connectivity index (χ4n) is 4.55. The number of rotatable bonds is 9. The van der Waals surface area contributed by atoms with Gasteiger partial charge >= 0.3 is 0 Å². The predicted molar refractivity (Wildman–Crippen MR) is 140 cm³/mol. The monoisotopic (exact) mass is 478 g/mol. The first-order valence-corrected chi connectivity index (χ1v) is 12.6. The highest BCUT2D eigenvalue weighted by Crippen LogP contribution is 2.34. The van der Waals surface area contributed by atoms with E-state index in [4.69, 9.17) is 16.3 Å². The number of halogens is 1. The zero-order valence-electron chi connectivity index (χ0n) is 20.2. The number of benzene rings is 3. The molecular weight excluding hydrogens is 444 g/mol. The second-order valence-electron chi connectivity index (χ2n) is 9.18. The molecule has 0 saturated carbocycles. The highest BCUT2D eigenvalue weighted by molar-refractivity contribution is 6.30. The van der Waals surface area contributed by atoms with Crippen molar-refractivity contribution in [2.45, 2.75) is 25.9 Å². The molecule has 1 atom stereocenters. The molecule has 5 heteroatoms. The summed E-state index contributed by atoms with van der Waals surface area (Å²) in [6.45, 7) is 11.5. The van der Waals surface area contributed by atoms with E-state index in [9.17, 15) is 5.11 Å². The first-order chi connectivity index (χ1) is 16.5. The molecule has 1 aliphatic heterocycles. The van der Waals surface area contributed by atoms with E-state index in [1.54, 1.807) is 0 Å². The molecule has 4 nitrogen and oxygen atoms in total. The van der Waals surface area contributed by atoms with Crippen LogP contribution in [0.25, 0.3) is 0 Å². The van der Waals surface area contributed by atoms with Crippen LogP contribution in [0, 0.1) is 6.92 Å². The third kappa shape index (κ3) is 6.19. The van der Waals surface area contributed by atoms with Gasteiger partial charge in [0.1, 0.15) is 18.0 Å². The molecule has 0 bridgehead atoms. The van der Waals surface area contributed by atoms with Crippen molar-refractivity contribution in [2.24, 2.45) is 0 Å². The third-order valence-corrected chi connectivity index (χ3v) is 7.07. The van der Waals surface area contributed by atoms with Gasteiger partial charge in [0.05, 0.1) is 0 Å². The third-order valence-electron chi connectivity index (χ3n) is 6.82. The number of ether oxygens (including phenoxy) is 1. The molecule has 0 amide bonds. The van der Waals surface area contributed by atoms with Crippen molar-refractivity contribution in [3.8, 4) is 5.75 Å². The summed E-state index contributed by atoms with van der Waals surface area (Å²) in [5.41, 5.74) is 2.75. The fourth-order valence-corrected chi connectivity index (χ4v) is 4.67. The van der Waals surface area contributed by atoms with Gasteiger partial charge in [0.2, 0.25) is 0 Å². The molecule has 4 rings (SSSR count). The van der Waals surface area contributed by atoms with Crippen LogP contribution in [0.15, 0.2) is 72.8 Å². The van der Waals surface area contributed by atoms with Crippen molar-refractivity contribution >= 4 is 11.6 Å². The van der Waals surface area contributed by atoms with Crippen molar-refractivity contribution in [1.29, 1.82) is 0 Å². The van der Waals surface area contributed by atoms with E-state index in [1.807, 2.05) is 72.8 Å². The number of piperazine rings is 1. The largest absolute Gasteiger partial charge is 0.492 e. The maximum absolute atomic E-state index is 12.0. The van der Waals surface area contributed by atoms with Gasteiger partial charge in [-0.15, -0.1) is 0 Å². The Kier molecular flexibility index (Phi) is 8.28. The average molecular weight is 479 g/mol. The summed E-state index contributed by atoms with van der Waals surface area (Å²) in [7, 11) is 0. The van der Waals surface area contributed by atoms with Gasteiger partial charge in [-0.2, -0.15) is 0 Å². The number of nitrogens with zero attached hydrogens (tertiary/aromatic N) is 2. The Morgan fingerprint density at radius 1 is 0.824 bits per heavy atom. The van der Waals surface area contributed by atoms with Crippen LogP contribution in [0.5, 0.6) is 5.75 Å². The number of hydrogen-bond donors (Lipinski definition) is 1. The van der Waals surface area contributed by atoms with Crippen LogP contribution in [-0.4, -0.2) is 60.8 Å². The smallest absolute Gasteiger partial charge is 0.119 e. The van der Waals surface area contributed by atoms with E-state index in [2.05, 4.69) is 23.6 Å². The van der Waals surface area contributed by atoms with E-state index in [0.717, 1.165) is 67.3 Å². The summed E-state index contributed by atoms with van der Waals surface area (Å²) in [5.74, 6) is 0.827. The molecule has 1 saturated heterocycles. The highest BCUT2D eigenvalue weighted by Gasteiger charge is 2.32. The second-order valence-corrected chi connectivity index (χ2v) is 9.61. The lowest BCUT2D eigenvalue weighted by Gasteiger charge is -2.33. The van der Waals surface area contributed by atoms with Gasteiger partial charge < -0.3 is 14.7 Å². The van der Waals surface area contributed by atoms with Crippen molar-refractivity contribution < 1.29 is 9.84 Å². The summed E-state index contributed by atoms with van der Waals surface area (Å²) >= 11 is 6.07. The zero-order chi connectivity index (χ0) is 24.0. The van der Waals surface area contributed by atoms with Gasteiger partial charge in [-0.3, -0.25) is 4.90 Å². The molecule has 0 spiro atoms. The van der Waals surface area contributed by atoms with Crippen molar-refractivity contribution in [1.82, 2.24) is 9.80 Å². The summed E-state index contributed by atoms with van der Waals surface area (Å²) in [4.78, 5) is 4.94. The van der Waals surface area contributed by atoms with Gasteiger partial charge in [-0.25, -0.2) is 0 Å². The molecular formula is C29H35ClN2O2. The average Bonchev–Trinajstić information content (AvgIpc) is 2.86. The maximum atomic E-state index is 12.0. The molecule has 1 unspecified atom stereocenters. The van der Waals surface area contributed by atoms with E-state index in [-0.39, 0.29) is 0 Å². The van der Waals surface area contributed by atoms with Crippen LogP contribution in [-0.2, 0) is 12.0 Å². The topological polar surface area (TPSA) is 35.9 Å². The molecule has 0 radical (unpaired) electrons. The first-order valence-electron chi connectivity index (χ1n) is 12.2. The standard InChI is InChI=1S/C29H35ClN2O2/c1-3-31-16-18-32(19-17-31)20-21-34-28-14-10-26(11-15-28)29(33,25-8-4-23(2)5-9-25)22-24-6-12-27(30)13-7-24/h4-15,33H,3,16-22H2,1-2H3. The number of hydrogen-bond acceptors (Lipinski definition) is 4. The summed E-state index contributed by atoms with van der Waals surface area (Å²) in [6, 6.07) is 23.7. The van der Waals surface area contributed by atoms with Crippen LogP contribution in [0.2, 0.25) is 5.02 Å². The Hall–Kier alpha value is -2.37. The Balaban J connectivity index is 1.45. The van der Waals surface area contributed by atoms with Crippen LogP contribution < -0.4 is 4.74 Å². The SMILES string of the molecule is CCN1CCN(CCOc2ccc(C(O)(Cc3ccc(Cl)cc3)c3ccc(C)cc3)cc2)CC1. The minimum Gasteiger partial charge on any atom is -0.492 e. The predicted octanol–water partition coefficient (Wildman–Crippen LogP) is 5.14. The lowest BCUT2D eigenvalue weighted by molar-refractivity contribution is 0.0810. The second kappa shape index (κ2) is 11.4. The summed E-state index contributed by atoms with van der Waals surface area (Å²) in [6.07, 6.45) is 0.456. The van der Waals surface area contributed by atoms with Gasteiger partial charge in [0.15, 0.2) is 0 Å². The van der Waals surface area contributed by atoms with Gasteiger partial charge in [-0.1, -0.05) is 72.6 Å². The molecule has 3 aromatic rings. The van der Waals surface area contributed by atoms with Gasteiger partial charge in [-0.05, 0) is 54.4 Å². The zero-order valence-corrected chi connectivity index (χ0v) is 21.0. The van der Waals surface area contributed by atoms with E-state index < -0.39 is 5.60 Å². The number of likely N-dealkylation sites (N-methyl/N-ethyl adjacent to an activating group) is 1. The number of aliphatic hydroxyl groups is 1. The van der Waals surface area contributed by atoms with E-state index in [1.165, 1.54) is 0 Å². The number of aryl methyl sites for hydroxylation is 1. The molecule has 34 heavy (non-hydrogen) atoms. The minimum absolute atomic E-state index is 0.456. The molecule has 180 valence electrons. The summed E-state index contributed by atoms with van der Waals surface area (Å²) in [5, 5.41) is 12.7. The molecule has 1 fully saturated rings. The minimum atomic E-state index is -1.15. The quantitative estimate of drug-likeness (QED) is 0.461. The van der Waals surface area contributed by atoms with Crippen LogP contribution in [0.4, 0.5) is 0 Å². The molecule has 1 N–H and O–H groups in total. The van der Waals surface area contributed by atoms with Crippen LogP contribution in [0.3, 0.4) is 0 Å². The van der Waals surface area contributed by atoms with Crippen molar-refractivity contribution in [2.75, 3.05) is 45.9 Å². The van der Waals surface area contributed by atoms with Gasteiger partial charge in [0, 0.05) is 44.2 Å². The van der Waals surface area contributed by atoms with Gasteiger partial charge in [0.25, 0.3) is 0 Å². The molecule has 0 aromatic heterocycles.